The lowest BCUT2D eigenvalue weighted by atomic mass is 10.2. The largest absolute Gasteiger partial charge is 0.453 e. The van der Waals surface area contributed by atoms with Crippen LogP contribution in [0.3, 0.4) is 0 Å². The normalized spacial score (nSPS) is 10.8. The minimum atomic E-state index is -0.0304. The van der Waals surface area contributed by atoms with Crippen molar-refractivity contribution in [2.75, 3.05) is 6.54 Å². The van der Waals surface area contributed by atoms with Crippen LogP contribution in [0.15, 0.2) is 65.1 Å². The molecular formula is C17H15NO2. The van der Waals surface area contributed by atoms with Crippen LogP contribution in [-0.2, 0) is 6.54 Å². The molecule has 0 aliphatic heterocycles. The van der Waals surface area contributed by atoms with Crippen molar-refractivity contribution < 1.29 is 9.21 Å². The van der Waals surface area contributed by atoms with Gasteiger partial charge in [0, 0.05) is 11.9 Å². The van der Waals surface area contributed by atoms with Gasteiger partial charge in [0.1, 0.15) is 5.58 Å². The zero-order chi connectivity index (χ0) is 13.8. The van der Waals surface area contributed by atoms with E-state index in [4.69, 9.17) is 4.42 Å². The van der Waals surface area contributed by atoms with Crippen LogP contribution in [0, 0.1) is 0 Å². The van der Waals surface area contributed by atoms with Crippen molar-refractivity contribution >= 4 is 16.8 Å². The van der Waals surface area contributed by atoms with Crippen LogP contribution in [0.1, 0.15) is 16.1 Å². The van der Waals surface area contributed by atoms with Crippen LogP contribution in [0.25, 0.3) is 11.0 Å². The second-order valence-corrected chi connectivity index (χ2v) is 4.66. The molecule has 3 heteroatoms. The van der Waals surface area contributed by atoms with E-state index in [1.54, 1.807) is 6.07 Å². The first-order chi connectivity index (χ1) is 9.83. The number of benzene rings is 2. The Morgan fingerprint density at radius 3 is 2.55 bits per heavy atom. The second-order valence-electron chi connectivity index (χ2n) is 4.66. The molecule has 0 bridgehead atoms. The molecule has 1 N–H and O–H groups in total. The van der Waals surface area contributed by atoms with Gasteiger partial charge in [-0.25, -0.2) is 0 Å². The Morgan fingerprint density at radius 1 is 1.00 bits per heavy atom. The molecule has 0 unspecified atom stereocenters. The minimum Gasteiger partial charge on any atom is -0.453 e. The Kier molecular flexibility index (Phi) is 3.61. The van der Waals surface area contributed by atoms with Crippen molar-refractivity contribution in [3.63, 3.8) is 0 Å². The molecule has 0 amide bonds. The lowest BCUT2D eigenvalue weighted by Gasteiger charge is -2.02. The summed E-state index contributed by atoms with van der Waals surface area (Å²) in [6, 6.07) is 19.4. The standard InChI is InChI=1S/C17H15NO2/c19-15(12-18-11-13-6-2-1-3-7-13)17-10-14-8-4-5-9-16(14)20-17/h1-10,18H,11-12H2. The molecule has 0 saturated heterocycles. The van der Waals surface area contributed by atoms with E-state index >= 15 is 0 Å². The van der Waals surface area contributed by atoms with Crippen molar-refractivity contribution in [2.24, 2.45) is 0 Å². The number of carbonyl (C=O) groups is 1. The molecule has 20 heavy (non-hydrogen) atoms. The lowest BCUT2D eigenvalue weighted by Crippen LogP contribution is -2.22. The van der Waals surface area contributed by atoms with Crippen molar-refractivity contribution in [3.8, 4) is 0 Å². The molecule has 1 heterocycles. The molecule has 0 aliphatic rings. The van der Waals surface area contributed by atoms with Gasteiger partial charge in [-0.2, -0.15) is 0 Å². The molecule has 0 atom stereocenters. The Hall–Kier alpha value is -2.39. The highest BCUT2D eigenvalue weighted by molar-refractivity contribution is 5.98. The number of nitrogens with one attached hydrogen (secondary N) is 1. The van der Waals surface area contributed by atoms with E-state index in [0.29, 0.717) is 12.3 Å². The van der Waals surface area contributed by atoms with E-state index in [0.717, 1.165) is 16.5 Å². The summed E-state index contributed by atoms with van der Waals surface area (Å²) in [5.74, 6) is 0.379. The number of Topliss-reactive ketones (excluding diaryl/α,β-unsaturated/α-hetero) is 1. The fraction of sp³-hybridized carbons (Fsp3) is 0.118. The van der Waals surface area contributed by atoms with E-state index in [1.165, 1.54) is 0 Å². The van der Waals surface area contributed by atoms with Gasteiger partial charge in [0.25, 0.3) is 0 Å². The summed E-state index contributed by atoms with van der Waals surface area (Å²) in [6.07, 6.45) is 0. The molecule has 0 aliphatic carbocycles. The number of carbonyl (C=O) groups excluding carboxylic acids is 1. The quantitative estimate of drug-likeness (QED) is 0.719. The van der Waals surface area contributed by atoms with E-state index in [2.05, 4.69) is 5.32 Å². The third-order valence-corrected chi connectivity index (χ3v) is 3.16. The molecular weight excluding hydrogens is 250 g/mol. The molecule has 0 spiro atoms. The summed E-state index contributed by atoms with van der Waals surface area (Å²) in [5, 5.41) is 4.09. The van der Waals surface area contributed by atoms with E-state index in [1.807, 2.05) is 54.6 Å². The average Bonchev–Trinajstić information content (AvgIpc) is 2.92. The zero-order valence-corrected chi connectivity index (χ0v) is 11.0. The zero-order valence-electron chi connectivity index (χ0n) is 11.0. The number of hydrogen-bond acceptors (Lipinski definition) is 3. The van der Waals surface area contributed by atoms with Gasteiger partial charge in [0.05, 0.1) is 6.54 Å². The molecule has 0 saturated carbocycles. The van der Waals surface area contributed by atoms with Gasteiger partial charge in [-0.15, -0.1) is 0 Å². The number of rotatable bonds is 5. The summed E-state index contributed by atoms with van der Waals surface area (Å²) in [5.41, 5.74) is 1.91. The summed E-state index contributed by atoms with van der Waals surface area (Å²) in [6.45, 7) is 0.946. The summed E-state index contributed by atoms with van der Waals surface area (Å²) >= 11 is 0. The molecule has 2 aromatic carbocycles. The first kappa shape index (κ1) is 12.6. The smallest absolute Gasteiger partial charge is 0.211 e. The van der Waals surface area contributed by atoms with Crippen molar-refractivity contribution in [3.05, 3.63) is 72.0 Å². The molecule has 3 nitrogen and oxygen atoms in total. The third kappa shape index (κ3) is 2.78. The Bertz CT molecular complexity index is 683. The number of para-hydroxylation sites is 1. The van der Waals surface area contributed by atoms with Crippen molar-refractivity contribution in [1.29, 1.82) is 0 Å². The van der Waals surface area contributed by atoms with Crippen LogP contribution in [0.2, 0.25) is 0 Å². The van der Waals surface area contributed by atoms with Crippen LogP contribution in [-0.4, -0.2) is 12.3 Å². The summed E-state index contributed by atoms with van der Waals surface area (Å²) in [4.78, 5) is 12.0. The molecule has 0 radical (unpaired) electrons. The molecule has 3 aromatic rings. The lowest BCUT2D eigenvalue weighted by molar-refractivity contribution is 0.0966. The van der Waals surface area contributed by atoms with Gasteiger partial charge < -0.3 is 9.73 Å². The Balaban J connectivity index is 1.61. The van der Waals surface area contributed by atoms with Gasteiger partial charge in [-0.3, -0.25) is 4.79 Å². The van der Waals surface area contributed by atoms with Crippen molar-refractivity contribution in [2.45, 2.75) is 6.54 Å². The minimum absolute atomic E-state index is 0.0304. The maximum Gasteiger partial charge on any atom is 0.211 e. The maximum absolute atomic E-state index is 12.0. The number of ketones is 1. The maximum atomic E-state index is 12.0. The third-order valence-electron chi connectivity index (χ3n) is 3.16. The SMILES string of the molecule is O=C(CNCc1ccccc1)c1cc2ccccc2o1. The monoisotopic (exact) mass is 265 g/mol. The topological polar surface area (TPSA) is 42.2 Å². The van der Waals surface area contributed by atoms with Gasteiger partial charge in [-0.05, 0) is 17.7 Å². The predicted octanol–water partition coefficient (Wildman–Crippen LogP) is 3.41. The molecule has 3 rings (SSSR count). The van der Waals surface area contributed by atoms with E-state index in [-0.39, 0.29) is 12.3 Å². The fourth-order valence-corrected chi connectivity index (χ4v) is 2.12. The van der Waals surface area contributed by atoms with E-state index < -0.39 is 0 Å². The molecule has 0 fully saturated rings. The summed E-state index contributed by atoms with van der Waals surface area (Å²) < 4.78 is 5.54. The van der Waals surface area contributed by atoms with Gasteiger partial charge in [-0.1, -0.05) is 48.5 Å². The highest BCUT2D eigenvalue weighted by Gasteiger charge is 2.11. The van der Waals surface area contributed by atoms with Crippen LogP contribution >= 0.6 is 0 Å². The second kappa shape index (κ2) is 5.72. The number of furan rings is 1. The first-order valence-electron chi connectivity index (χ1n) is 6.59. The van der Waals surface area contributed by atoms with Crippen LogP contribution < -0.4 is 5.32 Å². The van der Waals surface area contributed by atoms with Crippen LogP contribution in [0.4, 0.5) is 0 Å². The fourth-order valence-electron chi connectivity index (χ4n) is 2.12. The number of fused-ring (bicyclic) bond motifs is 1. The highest BCUT2D eigenvalue weighted by Crippen LogP contribution is 2.18. The van der Waals surface area contributed by atoms with Gasteiger partial charge >= 0.3 is 0 Å². The molecule has 1 aromatic heterocycles. The van der Waals surface area contributed by atoms with Gasteiger partial charge in [0.15, 0.2) is 5.76 Å². The van der Waals surface area contributed by atoms with Crippen LogP contribution in [0.5, 0.6) is 0 Å². The average molecular weight is 265 g/mol. The predicted molar refractivity (Wildman–Crippen MR) is 78.7 cm³/mol. The Labute approximate surface area is 117 Å². The number of hydrogen-bond donors (Lipinski definition) is 1. The Morgan fingerprint density at radius 2 is 1.75 bits per heavy atom. The van der Waals surface area contributed by atoms with Gasteiger partial charge in [0.2, 0.25) is 5.78 Å². The summed E-state index contributed by atoms with van der Waals surface area (Å²) in [7, 11) is 0. The first-order valence-corrected chi connectivity index (χ1v) is 6.59. The van der Waals surface area contributed by atoms with E-state index in [9.17, 15) is 4.79 Å². The highest BCUT2D eigenvalue weighted by atomic mass is 16.3. The molecule has 100 valence electrons. The van der Waals surface area contributed by atoms with Crippen molar-refractivity contribution in [1.82, 2.24) is 5.32 Å².